The van der Waals surface area contributed by atoms with E-state index >= 15 is 0 Å². The van der Waals surface area contributed by atoms with Crippen LogP contribution in [0.2, 0.25) is 0 Å². The third-order valence-electron chi connectivity index (χ3n) is 2.00. The molecule has 1 aliphatic carbocycles. The van der Waals surface area contributed by atoms with E-state index in [1.165, 1.54) is 11.3 Å². The molecule has 0 spiro atoms. The molecule has 0 unspecified atom stereocenters. The van der Waals surface area contributed by atoms with Crippen LogP contribution in [0.1, 0.15) is 28.8 Å². The molecule has 1 fully saturated rings. The van der Waals surface area contributed by atoms with E-state index in [4.69, 9.17) is 4.74 Å². The second-order valence-corrected chi connectivity index (χ2v) is 5.35. The van der Waals surface area contributed by atoms with E-state index in [-0.39, 0.29) is 12.1 Å². The second-order valence-electron chi connectivity index (χ2n) is 3.15. The fraction of sp³-hybridized carbons (Fsp3) is 0.444. The third-order valence-corrected chi connectivity index (χ3v) is 4.02. The Kier molecular flexibility index (Phi) is 2.43. The minimum atomic E-state index is -0.179. The van der Waals surface area contributed by atoms with Crippen LogP contribution in [-0.2, 0) is 4.74 Å². The normalized spacial score (nSPS) is 15.8. The van der Waals surface area contributed by atoms with Gasteiger partial charge in [-0.2, -0.15) is 0 Å². The standard InChI is InChI=1S/C9H9BrO2S/c1-5-7(4-13-8(5)10)9(11)12-6-2-3-6/h4,6H,2-3H2,1H3. The highest BCUT2D eigenvalue weighted by atomic mass is 79.9. The van der Waals surface area contributed by atoms with Crippen LogP contribution in [-0.4, -0.2) is 12.1 Å². The van der Waals surface area contributed by atoms with Gasteiger partial charge in [-0.15, -0.1) is 11.3 Å². The van der Waals surface area contributed by atoms with E-state index in [2.05, 4.69) is 15.9 Å². The average Bonchev–Trinajstić information content (AvgIpc) is 2.82. The van der Waals surface area contributed by atoms with Crippen LogP contribution in [0.4, 0.5) is 0 Å². The summed E-state index contributed by atoms with van der Waals surface area (Å²) in [4.78, 5) is 11.5. The molecule has 1 aromatic heterocycles. The molecule has 13 heavy (non-hydrogen) atoms. The quantitative estimate of drug-likeness (QED) is 0.764. The van der Waals surface area contributed by atoms with Gasteiger partial charge in [0.15, 0.2) is 0 Å². The fourth-order valence-electron chi connectivity index (χ4n) is 0.995. The highest BCUT2D eigenvalue weighted by Crippen LogP contribution is 2.30. The molecule has 1 aromatic rings. The van der Waals surface area contributed by atoms with Crippen LogP contribution in [0.3, 0.4) is 0 Å². The number of halogens is 1. The Morgan fingerprint density at radius 3 is 2.85 bits per heavy atom. The average molecular weight is 261 g/mol. The maximum absolute atomic E-state index is 11.5. The van der Waals surface area contributed by atoms with Crippen molar-refractivity contribution >= 4 is 33.2 Å². The molecule has 0 aliphatic heterocycles. The predicted octanol–water partition coefficient (Wildman–Crippen LogP) is 3.14. The summed E-state index contributed by atoms with van der Waals surface area (Å²) in [5, 5.41) is 1.84. The molecule has 0 saturated heterocycles. The van der Waals surface area contributed by atoms with Gasteiger partial charge in [0.1, 0.15) is 6.10 Å². The van der Waals surface area contributed by atoms with Gasteiger partial charge in [-0.3, -0.25) is 0 Å². The largest absolute Gasteiger partial charge is 0.459 e. The summed E-state index contributed by atoms with van der Waals surface area (Å²) in [6, 6.07) is 0. The molecule has 1 saturated carbocycles. The Balaban J connectivity index is 2.14. The van der Waals surface area contributed by atoms with E-state index in [0.29, 0.717) is 5.56 Å². The Morgan fingerprint density at radius 2 is 2.38 bits per heavy atom. The van der Waals surface area contributed by atoms with Crippen molar-refractivity contribution in [2.75, 3.05) is 0 Å². The first-order valence-corrected chi connectivity index (χ1v) is 5.80. The molecular formula is C9H9BrO2S. The summed E-state index contributed by atoms with van der Waals surface area (Å²) in [7, 11) is 0. The van der Waals surface area contributed by atoms with Gasteiger partial charge in [-0.05, 0) is 41.3 Å². The Bertz CT molecular complexity index is 341. The van der Waals surface area contributed by atoms with E-state index < -0.39 is 0 Å². The summed E-state index contributed by atoms with van der Waals surface area (Å²) in [5.74, 6) is -0.179. The van der Waals surface area contributed by atoms with E-state index in [1.807, 2.05) is 12.3 Å². The zero-order valence-electron chi connectivity index (χ0n) is 7.17. The van der Waals surface area contributed by atoms with Crippen molar-refractivity contribution in [3.8, 4) is 0 Å². The Hall–Kier alpha value is -0.350. The molecule has 1 heterocycles. The van der Waals surface area contributed by atoms with E-state index in [9.17, 15) is 4.79 Å². The van der Waals surface area contributed by atoms with Crippen LogP contribution in [0.15, 0.2) is 9.17 Å². The number of esters is 1. The SMILES string of the molecule is Cc1c(C(=O)OC2CC2)csc1Br. The molecule has 0 bridgehead atoms. The van der Waals surface area contributed by atoms with Gasteiger partial charge in [0.05, 0.1) is 9.35 Å². The molecule has 0 aromatic carbocycles. The third kappa shape index (κ3) is 1.94. The highest BCUT2D eigenvalue weighted by Gasteiger charge is 2.27. The number of hydrogen-bond acceptors (Lipinski definition) is 3. The summed E-state index contributed by atoms with van der Waals surface area (Å²) < 4.78 is 6.20. The molecule has 0 N–H and O–H groups in total. The van der Waals surface area contributed by atoms with Gasteiger partial charge in [0.25, 0.3) is 0 Å². The first-order chi connectivity index (χ1) is 6.18. The number of ether oxygens (including phenoxy) is 1. The minimum Gasteiger partial charge on any atom is -0.459 e. The summed E-state index contributed by atoms with van der Waals surface area (Å²) in [6.07, 6.45) is 2.23. The fourth-order valence-corrected chi connectivity index (χ4v) is 2.27. The molecule has 70 valence electrons. The molecule has 2 rings (SSSR count). The van der Waals surface area contributed by atoms with Crippen LogP contribution in [0.5, 0.6) is 0 Å². The van der Waals surface area contributed by atoms with Crippen molar-refractivity contribution in [2.24, 2.45) is 0 Å². The van der Waals surface area contributed by atoms with Crippen molar-refractivity contribution in [1.82, 2.24) is 0 Å². The number of hydrogen-bond donors (Lipinski definition) is 0. The summed E-state index contributed by atoms with van der Waals surface area (Å²) in [5.41, 5.74) is 1.68. The van der Waals surface area contributed by atoms with E-state index in [1.54, 1.807) is 0 Å². The molecule has 1 aliphatic rings. The van der Waals surface area contributed by atoms with E-state index in [0.717, 1.165) is 22.2 Å². The van der Waals surface area contributed by atoms with Crippen LogP contribution in [0, 0.1) is 6.92 Å². The smallest absolute Gasteiger partial charge is 0.339 e. The minimum absolute atomic E-state index is 0.179. The number of carbonyl (C=O) groups excluding carboxylic acids is 1. The maximum atomic E-state index is 11.5. The molecule has 4 heteroatoms. The number of thiophene rings is 1. The van der Waals surface area contributed by atoms with Gasteiger partial charge in [-0.1, -0.05) is 0 Å². The zero-order valence-corrected chi connectivity index (χ0v) is 9.57. The molecule has 0 atom stereocenters. The first kappa shape index (κ1) is 9.21. The van der Waals surface area contributed by atoms with Gasteiger partial charge in [0.2, 0.25) is 0 Å². The summed E-state index contributed by atoms with van der Waals surface area (Å²) >= 11 is 4.90. The molecule has 2 nitrogen and oxygen atoms in total. The lowest BCUT2D eigenvalue weighted by atomic mass is 10.2. The molecule has 0 radical (unpaired) electrons. The van der Waals surface area contributed by atoms with Gasteiger partial charge in [-0.25, -0.2) is 4.79 Å². The topological polar surface area (TPSA) is 26.3 Å². The highest BCUT2D eigenvalue weighted by molar-refractivity contribution is 9.11. The van der Waals surface area contributed by atoms with Crippen LogP contribution >= 0.6 is 27.3 Å². The van der Waals surface area contributed by atoms with Gasteiger partial charge in [0, 0.05) is 5.38 Å². The van der Waals surface area contributed by atoms with Crippen molar-refractivity contribution in [2.45, 2.75) is 25.9 Å². The monoisotopic (exact) mass is 260 g/mol. The van der Waals surface area contributed by atoms with Crippen LogP contribution < -0.4 is 0 Å². The second kappa shape index (κ2) is 3.42. The lowest BCUT2D eigenvalue weighted by molar-refractivity contribution is 0.0472. The lowest BCUT2D eigenvalue weighted by Gasteiger charge is -2.01. The lowest BCUT2D eigenvalue weighted by Crippen LogP contribution is -2.06. The summed E-state index contributed by atoms with van der Waals surface area (Å²) in [6.45, 7) is 1.92. The van der Waals surface area contributed by atoms with Gasteiger partial charge < -0.3 is 4.74 Å². The van der Waals surface area contributed by atoms with Gasteiger partial charge >= 0.3 is 5.97 Å². The van der Waals surface area contributed by atoms with Crippen LogP contribution in [0.25, 0.3) is 0 Å². The maximum Gasteiger partial charge on any atom is 0.339 e. The molecule has 0 amide bonds. The molecular weight excluding hydrogens is 252 g/mol. The van der Waals surface area contributed by atoms with Crippen molar-refractivity contribution in [3.63, 3.8) is 0 Å². The predicted molar refractivity (Wildman–Crippen MR) is 55.2 cm³/mol. The first-order valence-electron chi connectivity index (χ1n) is 4.13. The van der Waals surface area contributed by atoms with Crippen molar-refractivity contribution < 1.29 is 9.53 Å². The number of rotatable bonds is 2. The Labute approximate surface area is 89.0 Å². The van der Waals surface area contributed by atoms with Crippen molar-refractivity contribution in [3.05, 3.63) is 20.3 Å². The zero-order chi connectivity index (χ0) is 9.42. The number of carbonyl (C=O) groups is 1. The van der Waals surface area contributed by atoms with Crippen molar-refractivity contribution in [1.29, 1.82) is 0 Å². The Morgan fingerprint density at radius 1 is 1.69 bits per heavy atom.